The number of aromatic nitrogens is 3. The molecule has 1 atom stereocenters. The SMILES string of the molecule is O=C(Nc1ccc2c(c1)OCCO2)C1CCCN(c2nnc(-n3cccc3)s2)C1. The quantitative estimate of drug-likeness (QED) is 0.711. The molecule has 1 unspecified atom stereocenters. The number of rotatable bonds is 4. The topological polar surface area (TPSA) is 81.5 Å². The molecule has 1 N–H and O–H groups in total. The molecule has 0 bridgehead atoms. The third kappa shape index (κ3) is 3.77. The zero-order chi connectivity index (χ0) is 19.6. The fraction of sp³-hybridized carbons (Fsp3) is 0.350. The second kappa shape index (κ2) is 7.75. The van der Waals surface area contributed by atoms with Gasteiger partial charge in [-0.1, -0.05) is 11.3 Å². The van der Waals surface area contributed by atoms with Crippen molar-refractivity contribution < 1.29 is 14.3 Å². The molecule has 1 amide bonds. The summed E-state index contributed by atoms with van der Waals surface area (Å²) in [6, 6.07) is 9.42. The van der Waals surface area contributed by atoms with Crippen LogP contribution in [0.1, 0.15) is 12.8 Å². The summed E-state index contributed by atoms with van der Waals surface area (Å²) in [5.41, 5.74) is 0.724. The van der Waals surface area contributed by atoms with Gasteiger partial charge in [-0.05, 0) is 37.1 Å². The Kier molecular flexibility index (Phi) is 4.81. The minimum Gasteiger partial charge on any atom is -0.486 e. The lowest BCUT2D eigenvalue weighted by Gasteiger charge is -2.31. The summed E-state index contributed by atoms with van der Waals surface area (Å²) < 4.78 is 13.1. The zero-order valence-electron chi connectivity index (χ0n) is 15.8. The molecule has 0 aliphatic carbocycles. The van der Waals surface area contributed by atoms with Gasteiger partial charge < -0.3 is 19.7 Å². The first kappa shape index (κ1) is 18.0. The molecule has 29 heavy (non-hydrogen) atoms. The summed E-state index contributed by atoms with van der Waals surface area (Å²) in [5, 5.41) is 13.3. The van der Waals surface area contributed by atoms with Crippen molar-refractivity contribution in [2.24, 2.45) is 5.92 Å². The van der Waals surface area contributed by atoms with Crippen LogP contribution in [0.15, 0.2) is 42.7 Å². The van der Waals surface area contributed by atoms with Gasteiger partial charge in [-0.25, -0.2) is 0 Å². The lowest BCUT2D eigenvalue weighted by Crippen LogP contribution is -2.40. The van der Waals surface area contributed by atoms with E-state index < -0.39 is 0 Å². The van der Waals surface area contributed by atoms with Gasteiger partial charge in [0.1, 0.15) is 13.2 Å². The maximum absolute atomic E-state index is 12.9. The highest BCUT2D eigenvalue weighted by molar-refractivity contribution is 7.17. The molecule has 4 heterocycles. The second-order valence-corrected chi connectivity index (χ2v) is 8.02. The molecule has 8 nitrogen and oxygen atoms in total. The minimum absolute atomic E-state index is 0.0153. The molecular formula is C20H21N5O3S. The van der Waals surface area contributed by atoms with Gasteiger partial charge in [0.2, 0.25) is 16.2 Å². The Hall–Kier alpha value is -3.07. The number of ether oxygens (including phenoxy) is 2. The zero-order valence-corrected chi connectivity index (χ0v) is 16.6. The first-order valence-electron chi connectivity index (χ1n) is 9.68. The predicted molar refractivity (Wildman–Crippen MR) is 110 cm³/mol. The predicted octanol–water partition coefficient (Wildman–Crippen LogP) is 2.96. The van der Waals surface area contributed by atoms with E-state index in [1.165, 1.54) is 11.3 Å². The monoisotopic (exact) mass is 411 g/mol. The molecule has 2 aliphatic heterocycles. The second-order valence-electron chi connectivity index (χ2n) is 7.09. The van der Waals surface area contributed by atoms with Crippen molar-refractivity contribution in [2.75, 3.05) is 36.5 Å². The van der Waals surface area contributed by atoms with E-state index in [0.29, 0.717) is 31.3 Å². The van der Waals surface area contributed by atoms with Crippen molar-refractivity contribution in [3.8, 4) is 16.6 Å². The van der Waals surface area contributed by atoms with Crippen LogP contribution in [0.4, 0.5) is 10.8 Å². The summed E-state index contributed by atoms with van der Waals surface area (Å²) >= 11 is 1.53. The van der Waals surface area contributed by atoms with E-state index >= 15 is 0 Å². The third-order valence-corrected chi connectivity index (χ3v) is 6.10. The molecule has 0 saturated carbocycles. The lowest BCUT2D eigenvalue weighted by molar-refractivity contribution is -0.120. The molecule has 2 aliphatic rings. The molecule has 1 aromatic carbocycles. The van der Waals surface area contributed by atoms with Gasteiger partial charge in [-0.15, -0.1) is 10.2 Å². The van der Waals surface area contributed by atoms with Gasteiger partial charge in [0.15, 0.2) is 11.5 Å². The summed E-state index contributed by atoms with van der Waals surface area (Å²) in [7, 11) is 0. The lowest BCUT2D eigenvalue weighted by atomic mass is 9.97. The van der Waals surface area contributed by atoms with E-state index in [-0.39, 0.29) is 11.8 Å². The van der Waals surface area contributed by atoms with Crippen LogP contribution in [0.3, 0.4) is 0 Å². The summed E-state index contributed by atoms with van der Waals surface area (Å²) in [5.74, 6) is 1.30. The number of hydrogen-bond donors (Lipinski definition) is 1. The number of piperidine rings is 1. The Balaban J connectivity index is 1.25. The Morgan fingerprint density at radius 3 is 2.76 bits per heavy atom. The van der Waals surface area contributed by atoms with Crippen molar-refractivity contribution in [2.45, 2.75) is 12.8 Å². The number of anilines is 2. The van der Waals surface area contributed by atoms with Crippen LogP contribution in [-0.4, -0.2) is 47.0 Å². The molecule has 150 valence electrons. The molecule has 3 aromatic rings. The summed E-state index contributed by atoms with van der Waals surface area (Å²) in [6.45, 7) is 2.59. The fourth-order valence-corrected chi connectivity index (χ4v) is 4.48. The summed E-state index contributed by atoms with van der Waals surface area (Å²) in [6.07, 6.45) is 5.70. The van der Waals surface area contributed by atoms with Crippen LogP contribution in [0.25, 0.3) is 5.13 Å². The average molecular weight is 411 g/mol. The van der Waals surface area contributed by atoms with E-state index in [2.05, 4.69) is 20.4 Å². The fourth-order valence-electron chi connectivity index (χ4n) is 3.63. The standard InChI is InChI=1S/C20H21N5O3S/c26-18(21-15-5-6-16-17(12-15)28-11-10-27-16)14-4-3-9-25(13-14)20-23-22-19(29-20)24-7-1-2-8-24/h1-2,5-8,12,14H,3-4,9-11,13H2,(H,21,26). The minimum atomic E-state index is -0.101. The van der Waals surface area contributed by atoms with Gasteiger partial charge in [-0.3, -0.25) is 9.36 Å². The highest BCUT2D eigenvalue weighted by Crippen LogP contribution is 2.33. The van der Waals surface area contributed by atoms with Gasteiger partial charge in [0.25, 0.3) is 0 Å². The number of carbonyl (C=O) groups excluding carboxylic acids is 1. The van der Waals surface area contributed by atoms with E-state index in [4.69, 9.17) is 9.47 Å². The van der Waals surface area contributed by atoms with Crippen LogP contribution in [0.2, 0.25) is 0 Å². The number of fused-ring (bicyclic) bond motifs is 1. The smallest absolute Gasteiger partial charge is 0.229 e. The number of amides is 1. The Morgan fingerprint density at radius 1 is 1.10 bits per heavy atom. The maximum Gasteiger partial charge on any atom is 0.229 e. The molecule has 0 radical (unpaired) electrons. The normalized spacial score (nSPS) is 18.5. The van der Waals surface area contributed by atoms with Crippen LogP contribution >= 0.6 is 11.3 Å². The third-order valence-electron chi connectivity index (χ3n) is 5.10. The molecule has 1 saturated heterocycles. The molecule has 1 fully saturated rings. The Morgan fingerprint density at radius 2 is 1.90 bits per heavy atom. The first-order chi connectivity index (χ1) is 14.3. The van der Waals surface area contributed by atoms with E-state index in [1.54, 1.807) is 0 Å². The van der Waals surface area contributed by atoms with Crippen molar-refractivity contribution in [1.29, 1.82) is 0 Å². The maximum atomic E-state index is 12.9. The highest BCUT2D eigenvalue weighted by atomic mass is 32.1. The van der Waals surface area contributed by atoms with Crippen LogP contribution < -0.4 is 19.7 Å². The number of carbonyl (C=O) groups is 1. The number of hydrogen-bond acceptors (Lipinski definition) is 7. The Bertz CT molecular complexity index is 1000. The average Bonchev–Trinajstić information content (AvgIpc) is 3.46. The molecule has 0 spiro atoms. The van der Waals surface area contributed by atoms with Crippen LogP contribution in [0.5, 0.6) is 11.5 Å². The van der Waals surface area contributed by atoms with Crippen molar-refractivity contribution >= 4 is 28.1 Å². The first-order valence-corrected chi connectivity index (χ1v) is 10.5. The molecular weight excluding hydrogens is 390 g/mol. The molecule has 5 rings (SSSR count). The van der Waals surface area contributed by atoms with Gasteiger partial charge >= 0.3 is 0 Å². The number of nitrogens with zero attached hydrogens (tertiary/aromatic N) is 4. The van der Waals surface area contributed by atoms with Crippen LogP contribution in [-0.2, 0) is 4.79 Å². The van der Waals surface area contributed by atoms with Gasteiger partial charge in [0, 0.05) is 37.2 Å². The van der Waals surface area contributed by atoms with Gasteiger partial charge in [-0.2, -0.15) is 0 Å². The van der Waals surface area contributed by atoms with Crippen molar-refractivity contribution in [3.63, 3.8) is 0 Å². The van der Waals surface area contributed by atoms with Gasteiger partial charge in [0.05, 0.1) is 5.92 Å². The van der Waals surface area contributed by atoms with E-state index in [1.807, 2.05) is 47.3 Å². The Labute approximate surface area is 172 Å². The number of nitrogens with one attached hydrogen (secondary N) is 1. The van der Waals surface area contributed by atoms with E-state index in [0.717, 1.165) is 35.3 Å². The van der Waals surface area contributed by atoms with Crippen LogP contribution in [0, 0.1) is 5.92 Å². The number of benzene rings is 1. The molecule has 2 aromatic heterocycles. The summed E-state index contributed by atoms with van der Waals surface area (Å²) in [4.78, 5) is 15.0. The van der Waals surface area contributed by atoms with Crippen molar-refractivity contribution in [1.82, 2.24) is 14.8 Å². The molecule has 9 heteroatoms. The van der Waals surface area contributed by atoms with Crippen molar-refractivity contribution in [3.05, 3.63) is 42.7 Å². The largest absolute Gasteiger partial charge is 0.486 e. The van der Waals surface area contributed by atoms with E-state index in [9.17, 15) is 4.79 Å². The highest BCUT2D eigenvalue weighted by Gasteiger charge is 2.28.